The summed E-state index contributed by atoms with van der Waals surface area (Å²) in [6, 6.07) is 15.0. The quantitative estimate of drug-likeness (QED) is 0.538. The zero-order valence-electron chi connectivity index (χ0n) is 13.8. The van der Waals surface area contributed by atoms with Crippen LogP contribution in [0.25, 0.3) is 16.7 Å². The van der Waals surface area contributed by atoms with Crippen LogP contribution in [0.15, 0.2) is 47.3 Å². The van der Waals surface area contributed by atoms with Gasteiger partial charge in [-0.2, -0.15) is 5.26 Å². The van der Waals surface area contributed by atoms with E-state index in [1.807, 2.05) is 30.3 Å². The van der Waals surface area contributed by atoms with Crippen LogP contribution in [0.1, 0.15) is 22.3 Å². The fourth-order valence-electron chi connectivity index (χ4n) is 3.29. The summed E-state index contributed by atoms with van der Waals surface area (Å²) in [5.41, 5.74) is 4.53. The average molecular weight is 382 g/mol. The number of para-hydroxylation sites is 2. The first kappa shape index (κ1) is 16.7. The van der Waals surface area contributed by atoms with Crippen molar-refractivity contribution in [3.63, 3.8) is 0 Å². The van der Waals surface area contributed by atoms with Crippen LogP contribution in [0.3, 0.4) is 0 Å². The highest BCUT2D eigenvalue weighted by Crippen LogP contribution is 2.26. The molecule has 0 fully saturated rings. The number of imidazole rings is 1. The van der Waals surface area contributed by atoms with Gasteiger partial charge in [-0.15, -0.1) is 0 Å². The van der Waals surface area contributed by atoms with Gasteiger partial charge in [-0.3, -0.25) is 9.20 Å². The maximum absolute atomic E-state index is 13.2. The summed E-state index contributed by atoms with van der Waals surface area (Å²) in [5.74, 6) is 0. The van der Waals surface area contributed by atoms with Gasteiger partial charge in [0.2, 0.25) is 0 Å². The predicted molar refractivity (Wildman–Crippen MR) is 104 cm³/mol. The highest BCUT2D eigenvalue weighted by molar-refractivity contribution is 6.42. The Labute approximate surface area is 159 Å². The molecule has 2 aromatic heterocycles. The number of pyridine rings is 1. The molecule has 4 nitrogen and oxygen atoms in total. The summed E-state index contributed by atoms with van der Waals surface area (Å²) in [6.45, 7) is 1.80. The maximum atomic E-state index is 13.2. The molecule has 0 aliphatic rings. The Hall–Kier alpha value is -2.74. The standard InChI is InChI=1S/C20H13Cl2N3O/c1-11-13(8-12-6-7-15(21)16(22)9-12)20(26)25-18-5-3-2-4-17(18)24-19(25)14(11)10-23/h2-7,9,24H,8H2,1H3. The normalized spacial score (nSPS) is 11.2. The summed E-state index contributed by atoms with van der Waals surface area (Å²) < 4.78 is 1.58. The molecule has 6 heteroatoms. The zero-order valence-corrected chi connectivity index (χ0v) is 15.3. The number of nitrogens with one attached hydrogen (secondary N) is 1. The number of aromatic nitrogens is 2. The minimum atomic E-state index is -0.139. The van der Waals surface area contributed by atoms with Gasteiger partial charge >= 0.3 is 0 Å². The summed E-state index contributed by atoms with van der Waals surface area (Å²) >= 11 is 12.1. The van der Waals surface area contributed by atoms with Gasteiger partial charge in [0.05, 0.1) is 26.6 Å². The second-order valence-corrected chi connectivity index (χ2v) is 6.96. The van der Waals surface area contributed by atoms with E-state index in [-0.39, 0.29) is 5.56 Å². The lowest BCUT2D eigenvalue weighted by Crippen LogP contribution is -2.21. The number of rotatable bonds is 2. The number of nitrogens with zero attached hydrogens (tertiary/aromatic N) is 2. The molecule has 0 aliphatic carbocycles. The van der Waals surface area contributed by atoms with Crippen LogP contribution >= 0.6 is 23.2 Å². The molecule has 0 saturated heterocycles. The molecule has 0 spiro atoms. The maximum Gasteiger partial charge on any atom is 0.260 e. The Kier molecular flexibility index (Phi) is 3.99. The molecule has 0 amide bonds. The van der Waals surface area contributed by atoms with Crippen LogP contribution in [0.4, 0.5) is 0 Å². The minimum Gasteiger partial charge on any atom is -0.338 e. The van der Waals surface area contributed by atoms with Gasteiger partial charge in [-0.1, -0.05) is 41.4 Å². The number of hydrogen-bond donors (Lipinski definition) is 1. The van der Waals surface area contributed by atoms with E-state index < -0.39 is 0 Å². The van der Waals surface area contributed by atoms with Crippen molar-refractivity contribution in [1.82, 2.24) is 9.38 Å². The lowest BCUT2D eigenvalue weighted by molar-refractivity contribution is 1.03. The lowest BCUT2D eigenvalue weighted by atomic mass is 9.99. The van der Waals surface area contributed by atoms with Crippen molar-refractivity contribution in [2.75, 3.05) is 0 Å². The molecule has 128 valence electrons. The molecule has 0 bridgehead atoms. The zero-order chi connectivity index (χ0) is 18.4. The van der Waals surface area contributed by atoms with Crippen molar-refractivity contribution in [2.45, 2.75) is 13.3 Å². The SMILES string of the molecule is Cc1c(Cc2ccc(Cl)c(Cl)c2)c(=O)n2c([nH]c3ccccc32)c1C#N. The van der Waals surface area contributed by atoms with Crippen molar-refractivity contribution in [1.29, 1.82) is 5.26 Å². The molecule has 0 aliphatic heterocycles. The number of aromatic amines is 1. The van der Waals surface area contributed by atoms with Gasteiger partial charge in [0.1, 0.15) is 11.7 Å². The third-order valence-corrected chi connectivity index (χ3v) is 5.36. The van der Waals surface area contributed by atoms with Crippen LogP contribution in [0.5, 0.6) is 0 Å². The predicted octanol–water partition coefficient (Wildman–Crippen LogP) is 4.86. The van der Waals surface area contributed by atoms with Crippen molar-refractivity contribution in [2.24, 2.45) is 0 Å². The number of nitriles is 1. The molecule has 4 aromatic rings. The van der Waals surface area contributed by atoms with Gasteiger partial charge in [0.15, 0.2) is 0 Å². The second kappa shape index (κ2) is 6.21. The van der Waals surface area contributed by atoms with Gasteiger partial charge in [-0.05, 0) is 42.3 Å². The van der Waals surface area contributed by atoms with Gasteiger partial charge < -0.3 is 4.98 Å². The molecule has 2 heterocycles. The molecule has 2 aromatic carbocycles. The van der Waals surface area contributed by atoms with Gasteiger partial charge in [0, 0.05) is 12.0 Å². The Balaban J connectivity index is 2.03. The van der Waals surface area contributed by atoms with Crippen molar-refractivity contribution in [3.05, 3.63) is 85.1 Å². The number of hydrogen-bond acceptors (Lipinski definition) is 2. The topological polar surface area (TPSA) is 61.1 Å². The Bertz CT molecular complexity index is 1280. The van der Waals surface area contributed by atoms with E-state index >= 15 is 0 Å². The molecule has 26 heavy (non-hydrogen) atoms. The first-order valence-corrected chi connectivity index (χ1v) is 8.75. The summed E-state index contributed by atoms with van der Waals surface area (Å²) in [7, 11) is 0. The highest BCUT2D eigenvalue weighted by atomic mass is 35.5. The van der Waals surface area contributed by atoms with E-state index in [4.69, 9.17) is 23.2 Å². The average Bonchev–Trinajstić information content (AvgIpc) is 3.01. The summed E-state index contributed by atoms with van der Waals surface area (Å²) in [6.07, 6.45) is 0.374. The van der Waals surface area contributed by atoms with E-state index in [2.05, 4.69) is 11.1 Å². The number of halogens is 2. The summed E-state index contributed by atoms with van der Waals surface area (Å²) in [5, 5.41) is 10.6. The van der Waals surface area contributed by atoms with Crippen molar-refractivity contribution < 1.29 is 0 Å². The van der Waals surface area contributed by atoms with E-state index in [0.29, 0.717) is 38.8 Å². The smallest absolute Gasteiger partial charge is 0.260 e. The Morgan fingerprint density at radius 2 is 1.92 bits per heavy atom. The van der Waals surface area contributed by atoms with Crippen molar-refractivity contribution >= 4 is 39.9 Å². The van der Waals surface area contributed by atoms with Gasteiger partial charge in [0.25, 0.3) is 5.56 Å². The van der Waals surface area contributed by atoms with Crippen LogP contribution in [0.2, 0.25) is 10.0 Å². The largest absolute Gasteiger partial charge is 0.338 e. The molecular formula is C20H13Cl2N3O. The van der Waals surface area contributed by atoms with E-state index in [9.17, 15) is 10.1 Å². The first-order chi connectivity index (χ1) is 12.5. The molecular weight excluding hydrogens is 369 g/mol. The van der Waals surface area contributed by atoms with Crippen LogP contribution < -0.4 is 5.56 Å². The van der Waals surface area contributed by atoms with E-state index in [1.165, 1.54) is 0 Å². The lowest BCUT2D eigenvalue weighted by Gasteiger charge is -2.10. The van der Waals surface area contributed by atoms with Gasteiger partial charge in [-0.25, -0.2) is 0 Å². The first-order valence-electron chi connectivity index (χ1n) is 8.00. The molecule has 0 radical (unpaired) electrons. The third-order valence-electron chi connectivity index (χ3n) is 4.62. The molecule has 0 unspecified atom stereocenters. The molecule has 4 rings (SSSR count). The fourth-order valence-corrected chi connectivity index (χ4v) is 3.61. The van der Waals surface area contributed by atoms with Crippen molar-refractivity contribution in [3.8, 4) is 6.07 Å². The number of H-pyrrole nitrogens is 1. The molecule has 0 saturated carbocycles. The van der Waals surface area contributed by atoms with Crippen LogP contribution in [-0.4, -0.2) is 9.38 Å². The number of benzene rings is 2. The fraction of sp³-hybridized carbons (Fsp3) is 0.100. The van der Waals surface area contributed by atoms with Crippen LogP contribution in [-0.2, 0) is 6.42 Å². The molecule has 0 atom stereocenters. The van der Waals surface area contributed by atoms with E-state index in [1.54, 1.807) is 23.5 Å². The van der Waals surface area contributed by atoms with E-state index in [0.717, 1.165) is 16.6 Å². The third kappa shape index (κ3) is 2.48. The Morgan fingerprint density at radius 1 is 1.15 bits per heavy atom. The monoisotopic (exact) mass is 381 g/mol. The highest BCUT2D eigenvalue weighted by Gasteiger charge is 2.18. The minimum absolute atomic E-state index is 0.139. The summed E-state index contributed by atoms with van der Waals surface area (Å²) in [4.78, 5) is 16.4. The Morgan fingerprint density at radius 3 is 2.65 bits per heavy atom. The second-order valence-electron chi connectivity index (χ2n) is 6.15. The number of fused-ring (bicyclic) bond motifs is 3. The van der Waals surface area contributed by atoms with Crippen LogP contribution in [0, 0.1) is 18.3 Å². The molecule has 1 N–H and O–H groups in total.